The molecule has 0 aliphatic rings. The van der Waals surface area contributed by atoms with Gasteiger partial charge in [0.1, 0.15) is 0 Å². The van der Waals surface area contributed by atoms with E-state index in [0.29, 0.717) is 6.61 Å². The van der Waals surface area contributed by atoms with Gasteiger partial charge in [0.2, 0.25) is 0 Å². The molecular formula is C9H18F3NO4. The standard InChI is InChI=1S/C9H18F3NO4/c1-7(4-15-2)16-5-8(14)3-13-17-6-9(10,11)12/h7-8,13-14H,3-6H2,1-2H3. The average Bonchev–Trinajstić information content (AvgIpc) is 2.21. The number of alkyl halides is 3. The van der Waals surface area contributed by atoms with E-state index < -0.39 is 18.9 Å². The smallest absolute Gasteiger partial charge is 0.389 e. The summed E-state index contributed by atoms with van der Waals surface area (Å²) in [6, 6.07) is 0. The Bertz CT molecular complexity index is 192. The summed E-state index contributed by atoms with van der Waals surface area (Å²) < 4.78 is 44.9. The van der Waals surface area contributed by atoms with Gasteiger partial charge in [-0.15, -0.1) is 0 Å². The minimum absolute atomic E-state index is 0.00704. The zero-order valence-electron chi connectivity index (χ0n) is 9.79. The molecule has 0 aromatic carbocycles. The maximum Gasteiger partial charge on any atom is 0.413 e. The van der Waals surface area contributed by atoms with Gasteiger partial charge >= 0.3 is 6.18 Å². The van der Waals surface area contributed by atoms with Gasteiger partial charge in [0.05, 0.1) is 25.4 Å². The second-order valence-electron chi connectivity index (χ2n) is 3.51. The normalized spacial score (nSPS) is 15.9. The zero-order chi connectivity index (χ0) is 13.3. The summed E-state index contributed by atoms with van der Waals surface area (Å²) in [5.41, 5.74) is 2.02. The van der Waals surface area contributed by atoms with Gasteiger partial charge in [-0.2, -0.15) is 18.7 Å². The third-order valence-electron chi connectivity index (χ3n) is 1.63. The Labute approximate surface area is 97.8 Å². The molecule has 104 valence electrons. The molecule has 5 nitrogen and oxygen atoms in total. The third-order valence-corrected chi connectivity index (χ3v) is 1.63. The van der Waals surface area contributed by atoms with Crippen molar-refractivity contribution in [2.24, 2.45) is 0 Å². The van der Waals surface area contributed by atoms with Crippen molar-refractivity contribution in [3.63, 3.8) is 0 Å². The van der Waals surface area contributed by atoms with Crippen molar-refractivity contribution in [2.45, 2.75) is 25.3 Å². The van der Waals surface area contributed by atoms with E-state index in [4.69, 9.17) is 9.47 Å². The van der Waals surface area contributed by atoms with Crippen molar-refractivity contribution >= 4 is 0 Å². The Morgan fingerprint density at radius 1 is 1.29 bits per heavy atom. The molecule has 2 unspecified atom stereocenters. The molecule has 2 atom stereocenters. The van der Waals surface area contributed by atoms with E-state index in [9.17, 15) is 18.3 Å². The van der Waals surface area contributed by atoms with Crippen molar-refractivity contribution in [1.29, 1.82) is 0 Å². The van der Waals surface area contributed by atoms with Crippen molar-refractivity contribution in [3.8, 4) is 0 Å². The van der Waals surface area contributed by atoms with Crippen LogP contribution in [-0.4, -0.2) is 57.0 Å². The summed E-state index contributed by atoms with van der Waals surface area (Å²) in [5, 5.41) is 9.31. The molecule has 0 aromatic heterocycles. The summed E-state index contributed by atoms with van der Waals surface area (Å²) in [7, 11) is 1.52. The lowest BCUT2D eigenvalue weighted by Gasteiger charge is -2.16. The van der Waals surface area contributed by atoms with Crippen LogP contribution in [0.4, 0.5) is 13.2 Å². The van der Waals surface area contributed by atoms with Crippen LogP contribution in [0.2, 0.25) is 0 Å². The van der Waals surface area contributed by atoms with Gasteiger partial charge in [-0.1, -0.05) is 0 Å². The van der Waals surface area contributed by atoms with Crippen LogP contribution >= 0.6 is 0 Å². The molecule has 0 amide bonds. The second-order valence-corrected chi connectivity index (χ2v) is 3.51. The molecule has 0 heterocycles. The fourth-order valence-electron chi connectivity index (χ4n) is 0.905. The molecule has 0 aliphatic carbocycles. The zero-order valence-corrected chi connectivity index (χ0v) is 9.79. The lowest BCUT2D eigenvalue weighted by molar-refractivity contribution is -0.191. The van der Waals surface area contributed by atoms with Gasteiger partial charge in [0.25, 0.3) is 0 Å². The minimum Gasteiger partial charge on any atom is -0.389 e. The van der Waals surface area contributed by atoms with Gasteiger partial charge in [-0.05, 0) is 6.92 Å². The molecular weight excluding hydrogens is 243 g/mol. The average molecular weight is 261 g/mol. The fraction of sp³-hybridized carbons (Fsp3) is 1.00. The molecule has 0 bridgehead atoms. The summed E-state index contributed by atoms with van der Waals surface area (Å²) in [5.74, 6) is 0. The topological polar surface area (TPSA) is 60.0 Å². The monoisotopic (exact) mass is 261 g/mol. The highest BCUT2D eigenvalue weighted by atomic mass is 19.4. The van der Waals surface area contributed by atoms with Crippen LogP contribution in [0.15, 0.2) is 0 Å². The first-order valence-corrected chi connectivity index (χ1v) is 5.05. The van der Waals surface area contributed by atoms with E-state index in [0.717, 1.165) is 0 Å². The van der Waals surface area contributed by atoms with E-state index in [1.807, 2.05) is 5.48 Å². The highest BCUT2D eigenvalue weighted by molar-refractivity contribution is 4.56. The number of halogens is 3. The highest BCUT2D eigenvalue weighted by Crippen LogP contribution is 2.13. The van der Waals surface area contributed by atoms with Crippen LogP contribution in [0.5, 0.6) is 0 Å². The lowest BCUT2D eigenvalue weighted by atomic mass is 10.4. The lowest BCUT2D eigenvalue weighted by Crippen LogP contribution is -2.34. The van der Waals surface area contributed by atoms with Crippen LogP contribution in [0.25, 0.3) is 0 Å². The Balaban J connectivity index is 3.43. The van der Waals surface area contributed by atoms with E-state index in [2.05, 4.69) is 4.84 Å². The Kier molecular flexibility index (Phi) is 8.44. The van der Waals surface area contributed by atoms with Crippen LogP contribution in [0, 0.1) is 0 Å². The number of rotatable bonds is 9. The maximum absolute atomic E-state index is 11.7. The van der Waals surface area contributed by atoms with Gasteiger partial charge in [0, 0.05) is 13.7 Å². The van der Waals surface area contributed by atoms with Crippen molar-refractivity contribution in [3.05, 3.63) is 0 Å². The molecule has 17 heavy (non-hydrogen) atoms. The summed E-state index contributed by atoms with van der Waals surface area (Å²) in [4.78, 5) is 4.11. The van der Waals surface area contributed by atoms with Crippen molar-refractivity contribution in [2.75, 3.05) is 33.5 Å². The van der Waals surface area contributed by atoms with Crippen LogP contribution in [0.1, 0.15) is 6.92 Å². The Morgan fingerprint density at radius 2 is 1.94 bits per heavy atom. The third kappa shape index (κ3) is 11.8. The molecule has 0 radical (unpaired) electrons. The largest absolute Gasteiger partial charge is 0.413 e. The summed E-state index contributed by atoms with van der Waals surface area (Å²) in [6.07, 6.45) is -5.52. The van der Waals surface area contributed by atoms with Crippen LogP contribution < -0.4 is 5.48 Å². The number of nitrogens with one attached hydrogen (secondary N) is 1. The van der Waals surface area contributed by atoms with Gasteiger partial charge < -0.3 is 14.6 Å². The number of ether oxygens (including phenoxy) is 2. The molecule has 0 saturated heterocycles. The van der Waals surface area contributed by atoms with Gasteiger partial charge in [-0.25, -0.2) is 0 Å². The van der Waals surface area contributed by atoms with Crippen molar-refractivity contribution < 1.29 is 32.6 Å². The number of hydrogen-bond acceptors (Lipinski definition) is 5. The number of aliphatic hydroxyl groups excluding tert-OH is 1. The Morgan fingerprint density at radius 3 is 2.47 bits per heavy atom. The summed E-state index contributed by atoms with van der Waals surface area (Å²) >= 11 is 0. The molecule has 0 spiro atoms. The molecule has 8 heteroatoms. The fourth-order valence-corrected chi connectivity index (χ4v) is 0.905. The minimum atomic E-state index is -4.39. The highest BCUT2D eigenvalue weighted by Gasteiger charge is 2.27. The van der Waals surface area contributed by atoms with Crippen molar-refractivity contribution in [1.82, 2.24) is 5.48 Å². The van der Waals surface area contributed by atoms with Crippen LogP contribution in [-0.2, 0) is 14.3 Å². The Hall–Kier alpha value is -0.410. The quantitative estimate of drug-likeness (QED) is 0.467. The van der Waals surface area contributed by atoms with E-state index in [1.165, 1.54) is 7.11 Å². The molecule has 0 aliphatic heterocycles. The SMILES string of the molecule is COCC(C)OCC(O)CNOCC(F)(F)F. The number of methoxy groups -OCH3 is 1. The second kappa shape index (κ2) is 8.65. The predicted octanol–water partition coefficient (Wildman–Crippen LogP) is 0.482. The van der Waals surface area contributed by atoms with E-state index in [1.54, 1.807) is 6.92 Å². The first-order chi connectivity index (χ1) is 7.85. The van der Waals surface area contributed by atoms with E-state index >= 15 is 0 Å². The first kappa shape index (κ1) is 16.6. The van der Waals surface area contributed by atoms with Gasteiger partial charge in [0.15, 0.2) is 6.61 Å². The molecule has 0 rings (SSSR count). The van der Waals surface area contributed by atoms with Gasteiger partial charge in [-0.3, -0.25) is 4.84 Å². The first-order valence-electron chi connectivity index (χ1n) is 5.05. The molecule has 2 N–H and O–H groups in total. The number of aliphatic hydroxyl groups is 1. The molecule has 0 aromatic rings. The number of hydroxylamine groups is 1. The van der Waals surface area contributed by atoms with Crippen LogP contribution in [0.3, 0.4) is 0 Å². The predicted molar refractivity (Wildman–Crippen MR) is 53.3 cm³/mol. The molecule has 0 fully saturated rings. The van der Waals surface area contributed by atoms with E-state index in [-0.39, 0.29) is 19.3 Å². The maximum atomic E-state index is 11.7. The number of hydrogen-bond donors (Lipinski definition) is 2. The molecule has 0 saturated carbocycles. The summed E-state index contributed by atoms with van der Waals surface area (Å²) in [6.45, 7) is 0.581.